The zero-order valence-electron chi connectivity index (χ0n) is 11.9. The first-order valence-corrected chi connectivity index (χ1v) is 6.76. The van der Waals surface area contributed by atoms with Crippen LogP contribution in [0, 0.1) is 5.92 Å². The molecule has 0 radical (unpaired) electrons. The van der Waals surface area contributed by atoms with Gasteiger partial charge in [0.1, 0.15) is 18.1 Å². The third kappa shape index (κ3) is 3.46. The SMILES string of the molecule is CC(C)C(=O)Nc1ccn(C2CC(O)C(CO)O2)c(=O)n1. The summed E-state index contributed by atoms with van der Waals surface area (Å²) >= 11 is 0. The van der Waals surface area contributed by atoms with Crippen molar-refractivity contribution in [3.05, 3.63) is 22.7 Å². The molecule has 2 heterocycles. The van der Waals surface area contributed by atoms with Crippen molar-refractivity contribution in [2.24, 2.45) is 5.92 Å². The van der Waals surface area contributed by atoms with Gasteiger partial charge in [-0.1, -0.05) is 13.8 Å². The lowest BCUT2D eigenvalue weighted by Gasteiger charge is -2.14. The summed E-state index contributed by atoms with van der Waals surface area (Å²) in [7, 11) is 0. The van der Waals surface area contributed by atoms with Crippen LogP contribution in [0.3, 0.4) is 0 Å². The number of nitrogens with zero attached hydrogens (tertiary/aromatic N) is 2. The lowest BCUT2D eigenvalue weighted by Crippen LogP contribution is -2.29. The molecule has 0 aromatic carbocycles. The number of carbonyl (C=O) groups excluding carboxylic acids is 1. The lowest BCUT2D eigenvalue weighted by atomic mass is 10.2. The molecule has 1 amide bonds. The molecule has 1 aromatic rings. The number of aliphatic hydroxyl groups excluding tert-OH is 2. The molecule has 116 valence electrons. The molecule has 2 rings (SSSR count). The number of amides is 1. The summed E-state index contributed by atoms with van der Waals surface area (Å²) < 4.78 is 6.61. The summed E-state index contributed by atoms with van der Waals surface area (Å²) in [5, 5.41) is 21.2. The Bertz CT molecular complexity index is 571. The van der Waals surface area contributed by atoms with Gasteiger partial charge in [0.2, 0.25) is 5.91 Å². The average Bonchev–Trinajstić information content (AvgIpc) is 2.79. The molecule has 1 aliphatic rings. The minimum absolute atomic E-state index is 0.173. The molecule has 0 aliphatic carbocycles. The minimum Gasteiger partial charge on any atom is -0.394 e. The number of hydrogen-bond donors (Lipinski definition) is 3. The van der Waals surface area contributed by atoms with Gasteiger partial charge < -0.3 is 20.3 Å². The number of ether oxygens (including phenoxy) is 1. The lowest BCUT2D eigenvalue weighted by molar-refractivity contribution is -0.118. The predicted molar refractivity (Wildman–Crippen MR) is 73.6 cm³/mol. The van der Waals surface area contributed by atoms with E-state index in [4.69, 9.17) is 9.84 Å². The Balaban J connectivity index is 2.13. The van der Waals surface area contributed by atoms with E-state index >= 15 is 0 Å². The molecule has 0 spiro atoms. The molecule has 1 aliphatic heterocycles. The Morgan fingerprint density at radius 3 is 2.86 bits per heavy atom. The largest absolute Gasteiger partial charge is 0.394 e. The topological polar surface area (TPSA) is 114 Å². The fraction of sp³-hybridized carbons (Fsp3) is 0.615. The fourth-order valence-electron chi connectivity index (χ4n) is 2.02. The number of anilines is 1. The van der Waals surface area contributed by atoms with E-state index in [9.17, 15) is 14.7 Å². The Kier molecular flexibility index (Phi) is 4.71. The first-order chi connectivity index (χ1) is 9.92. The van der Waals surface area contributed by atoms with Gasteiger partial charge in [0.05, 0.1) is 12.7 Å². The summed E-state index contributed by atoms with van der Waals surface area (Å²) in [6.07, 6.45) is -0.561. The zero-order valence-corrected chi connectivity index (χ0v) is 11.9. The van der Waals surface area contributed by atoms with E-state index in [0.29, 0.717) is 0 Å². The maximum absolute atomic E-state index is 12.0. The van der Waals surface area contributed by atoms with Crippen molar-refractivity contribution in [1.82, 2.24) is 9.55 Å². The third-order valence-electron chi connectivity index (χ3n) is 3.30. The van der Waals surface area contributed by atoms with Crippen LogP contribution in [-0.4, -0.2) is 44.5 Å². The Morgan fingerprint density at radius 1 is 1.62 bits per heavy atom. The zero-order chi connectivity index (χ0) is 15.6. The Morgan fingerprint density at radius 2 is 2.33 bits per heavy atom. The van der Waals surface area contributed by atoms with Gasteiger partial charge in [-0.25, -0.2) is 4.79 Å². The first kappa shape index (κ1) is 15.6. The molecule has 3 atom stereocenters. The van der Waals surface area contributed by atoms with Crippen LogP contribution < -0.4 is 11.0 Å². The molecule has 0 saturated carbocycles. The summed E-state index contributed by atoms with van der Waals surface area (Å²) in [5.41, 5.74) is -0.590. The van der Waals surface area contributed by atoms with E-state index < -0.39 is 24.1 Å². The Hall–Kier alpha value is -1.77. The predicted octanol–water partition coefficient (Wildman–Crippen LogP) is -0.522. The number of hydrogen-bond acceptors (Lipinski definition) is 6. The van der Waals surface area contributed by atoms with Crippen LogP contribution in [0.1, 0.15) is 26.5 Å². The standard InChI is InChI=1S/C13H19N3O5/c1-7(2)12(19)14-10-3-4-16(13(20)15-10)11-5-8(18)9(6-17)21-11/h3-4,7-9,11,17-18H,5-6H2,1-2H3,(H,14,15,19,20). The van der Waals surface area contributed by atoms with Crippen molar-refractivity contribution in [2.75, 3.05) is 11.9 Å². The van der Waals surface area contributed by atoms with Gasteiger partial charge in [-0.05, 0) is 6.07 Å². The summed E-state index contributed by atoms with van der Waals surface area (Å²) in [4.78, 5) is 27.3. The second-order valence-electron chi connectivity index (χ2n) is 5.26. The van der Waals surface area contributed by atoms with Crippen molar-refractivity contribution in [1.29, 1.82) is 0 Å². The molecule has 21 heavy (non-hydrogen) atoms. The van der Waals surface area contributed by atoms with Crippen molar-refractivity contribution in [2.45, 2.75) is 38.7 Å². The fourth-order valence-corrected chi connectivity index (χ4v) is 2.02. The molecule has 3 unspecified atom stereocenters. The van der Waals surface area contributed by atoms with Crippen LogP contribution >= 0.6 is 0 Å². The quantitative estimate of drug-likeness (QED) is 0.689. The van der Waals surface area contributed by atoms with Crippen molar-refractivity contribution >= 4 is 11.7 Å². The molecule has 8 nitrogen and oxygen atoms in total. The van der Waals surface area contributed by atoms with Crippen LogP contribution in [0.4, 0.5) is 5.82 Å². The second kappa shape index (κ2) is 6.33. The van der Waals surface area contributed by atoms with Gasteiger partial charge in [-0.15, -0.1) is 0 Å². The van der Waals surface area contributed by atoms with Crippen LogP contribution in [-0.2, 0) is 9.53 Å². The van der Waals surface area contributed by atoms with Crippen molar-refractivity contribution in [3.63, 3.8) is 0 Å². The molecule has 1 saturated heterocycles. The monoisotopic (exact) mass is 297 g/mol. The maximum atomic E-state index is 12.0. The van der Waals surface area contributed by atoms with Crippen LogP contribution in [0.5, 0.6) is 0 Å². The van der Waals surface area contributed by atoms with E-state index in [1.165, 1.54) is 16.8 Å². The van der Waals surface area contributed by atoms with Crippen LogP contribution in [0.2, 0.25) is 0 Å². The highest BCUT2D eigenvalue weighted by molar-refractivity contribution is 5.90. The highest BCUT2D eigenvalue weighted by Gasteiger charge is 2.34. The molecular formula is C13H19N3O5. The smallest absolute Gasteiger partial charge is 0.351 e. The summed E-state index contributed by atoms with van der Waals surface area (Å²) in [6, 6.07) is 1.49. The number of carbonyl (C=O) groups is 1. The molecule has 1 aromatic heterocycles. The Labute approximate surface area is 121 Å². The molecule has 3 N–H and O–H groups in total. The van der Waals surface area contributed by atoms with Gasteiger partial charge in [0.15, 0.2) is 0 Å². The van der Waals surface area contributed by atoms with E-state index in [1.54, 1.807) is 13.8 Å². The van der Waals surface area contributed by atoms with E-state index in [-0.39, 0.29) is 30.7 Å². The van der Waals surface area contributed by atoms with Crippen molar-refractivity contribution < 1.29 is 19.7 Å². The van der Waals surface area contributed by atoms with E-state index in [2.05, 4.69) is 10.3 Å². The molecular weight excluding hydrogens is 278 g/mol. The average molecular weight is 297 g/mol. The van der Waals surface area contributed by atoms with Gasteiger partial charge in [-0.3, -0.25) is 9.36 Å². The maximum Gasteiger partial charge on any atom is 0.351 e. The summed E-state index contributed by atoms with van der Waals surface area (Å²) in [5.74, 6) is -0.271. The number of aromatic nitrogens is 2. The van der Waals surface area contributed by atoms with Crippen molar-refractivity contribution in [3.8, 4) is 0 Å². The number of rotatable bonds is 4. The molecule has 8 heteroatoms. The third-order valence-corrected chi connectivity index (χ3v) is 3.30. The second-order valence-corrected chi connectivity index (χ2v) is 5.26. The summed E-state index contributed by atoms with van der Waals surface area (Å²) in [6.45, 7) is 3.15. The number of nitrogens with one attached hydrogen (secondary N) is 1. The van der Waals surface area contributed by atoms with E-state index in [0.717, 1.165) is 0 Å². The number of aliphatic hydroxyl groups is 2. The van der Waals surface area contributed by atoms with E-state index in [1.807, 2.05) is 0 Å². The highest BCUT2D eigenvalue weighted by atomic mass is 16.5. The molecule has 1 fully saturated rings. The van der Waals surface area contributed by atoms with Gasteiger partial charge >= 0.3 is 5.69 Å². The molecule has 0 bridgehead atoms. The highest BCUT2D eigenvalue weighted by Crippen LogP contribution is 2.27. The normalized spacial score (nSPS) is 25.3. The van der Waals surface area contributed by atoms with Gasteiger partial charge in [0.25, 0.3) is 0 Å². The van der Waals surface area contributed by atoms with Gasteiger partial charge in [0, 0.05) is 18.5 Å². The van der Waals surface area contributed by atoms with Gasteiger partial charge in [-0.2, -0.15) is 4.98 Å². The minimum atomic E-state index is -0.827. The van der Waals surface area contributed by atoms with Crippen LogP contribution in [0.15, 0.2) is 17.1 Å². The van der Waals surface area contributed by atoms with Crippen LogP contribution in [0.25, 0.3) is 0 Å². The first-order valence-electron chi connectivity index (χ1n) is 6.76.